The van der Waals surface area contributed by atoms with Gasteiger partial charge in [0.2, 0.25) is 5.91 Å². The highest BCUT2D eigenvalue weighted by Crippen LogP contribution is 2.15. The molecular weight excluding hydrogens is 336 g/mol. The van der Waals surface area contributed by atoms with Gasteiger partial charge in [0.25, 0.3) is 5.56 Å². The third-order valence-corrected chi connectivity index (χ3v) is 4.34. The van der Waals surface area contributed by atoms with Crippen molar-refractivity contribution in [2.45, 2.75) is 13.0 Å². The summed E-state index contributed by atoms with van der Waals surface area (Å²) in [7, 11) is 1.59. The van der Waals surface area contributed by atoms with E-state index in [2.05, 4.69) is 10.3 Å². The molecule has 2 aromatic rings. The zero-order valence-electron chi connectivity index (χ0n) is 14.9. The van der Waals surface area contributed by atoms with Crippen LogP contribution in [-0.4, -0.2) is 62.0 Å². The van der Waals surface area contributed by atoms with Crippen LogP contribution in [0.3, 0.4) is 0 Å². The van der Waals surface area contributed by atoms with Gasteiger partial charge >= 0.3 is 0 Å². The maximum Gasteiger partial charge on any atom is 0.294 e. The van der Waals surface area contributed by atoms with Crippen LogP contribution in [0.1, 0.15) is 6.42 Å². The first-order chi connectivity index (χ1) is 12.7. The summed E-state index contributed by atoms with van der Waals surface area (Å²) in [5, 5.41) is 2.78. The fourth-order valence-electron chi connectivity index (χ4n) is 2.98. The van der Waals surface area contributed by atoms with Crippen molar-refractivity contribution >= 4 is 22.8 Å². The van der Waals surface area contributed by atoms with Gasteiger partial charge in [-0.3, -0.25) is 9.59 Å². The molecule has 8 nitrogen and oxygen atoms in total. The molecule has 0 aliphatic carbocycles. The molecule has 140 valence electrons. The maximum absolute atomic E-state index is 13.0. The summed E-state index contributed by atoms with van der Waals surface area (Å²) in [6, 6.07) is 7.50. The lowest BCUT2D eigenvalue weighted by Gasteiger charge is -2.28. The molecule has 1 fully saturated rings. The summed E-state index contributed by atoms with van der Waals surface area (Å²) in [4.78, 5) is 31.5. The highest BCUT2D eigenvalue weighted by Gasteiger charge is 2.19. The van der Waals surface area contributed by atoms with Crippen LogP contribution in [0.4, 0.5) is 5.82 Å². The van der Waals surface area contributed by atoms with Crippen molar-refractivity contribution in [3.05, 3.63) is 34.6 Å². The van der Waals surface area contributed by atoms with E-state index in [1.165, 1.54) is 0 Å². The zero-order valence-corrected chi connectivity index (χ0v) is 14.9. The van der Waals surface area contributed by atoms with Gasteiger partial charge in [-0.15, -0.1) is 0 Å². The van der Waals surface area contributed by atoms with Gasteiger partial charge in [0.15, 0.2) is 5.82 Å². The van der Waals surface area contributed by atoms with Gasteiger partial charge in [0.1, 0.15) is 0 Å². The monoisotopic (exact) mass is 360 g/mol. The average Bonchev–Trinajstić information content (AvgIpc) is 2.68. The zero-order chi connectivity index (χ0) is 18.4. The lowest BCUT2D eigenvalue weighted by atomic mass is 10.2. The minimum absolute atomic E-state index is 0.109. The number of para-hydroxylation sites is 2. The molecule has 0 saturated carbocycles. The topological polar surface area (TPSA) is 85.7 Å². The van der Waals surface area contributed by atoms with Crippen molar-refractivity contribution in [3.8, 4) is 0 Å². The number of morpholine rings is 1. The number of amides is 1. The van der Waals surface area contributed by atoms with Crippen LogP contribution in [0.5, 0.6) is 0 Å². The van der Waals surface area contributed by atoms with E-state index in [9.17, 15) is 9.59 Å². The Bertz CT molecular complexity index is 814. The predicted octanol–water partition coefficient (Wildman–Crippen LogP) is 0.386. The molecule has 0 unspecified atom stereocenters. The molecule has 0 atom stereocenters. The Hall–Kier alpha value is -2.45. The van der Waals surface area contributed by atoms with Crippen LogP contribution in [-0.2, 0) is 20.8 Å². The van der Waals surface area contributed by atoms with Crippen molar-refractivity contribution < 1.29 is 14.3 Å². The van der Waals surface area contributed by atoms with E-state index in [0.29, 0.717) is 51.8 Å². The number of carbonyl (C=O) groups excluding carboxylic acids is 1. The van der Waals surface area contributed by atoms with E-state index in [4.69, 9.17) is 9.47 Å². The Balaban J connectivity index is 1.86. The fourth-order valence-corrected chi connectivity index (χ4v) is 2.98. The molecule has 3 rings (SSSR count). The molecule has 1 saturated heterocycles. The molecule has 0 spiro atoms. The number of fused-ring (bicyclic) bond motifs is 1. The number of methoxy groups -OCH3 is 1. The Kier molecular flexibility index (Phi) is 6.19. The van der Waals surface area contributed by atoms with Gasteiger partial charge in [-0.1, -0.05) is 12.1 Å². The van der Waals surface area contributed by atoms with Crippen molar-refractivity contribution in [3.63, 3.8) is 0 Å². The molecule has 0 bridgehead atoms. The van der Waals surface area contributed by atoms with Crippen LogP contribution in [0.15, 0.2) is 29.1 Å². The SMILES string of the molecule is COCCNC(=O)CCn1c(=O)c(N2CCOCC2)nc2ccccc21. The van der Waals surface area contributed by atoms with E-state index in [0.717, 1.165) is 11.0 Å². The molecular formula is C18H24N4O4. The summed E-state index contributed by atoms with van der Waals surface area (Å²) in [6.07, 6.45) is 0.222. The maximum atomic E-state index is 13.0. The average molecular weight is 360 g/mol. The minimum Gasteiger partial charge on any atom is -0.383 e. The molecule has 2 heterocycles. The van der Waals surface area contributed by atoms with Crippen LogP contribution in [0, 0.1) is 0 Å². The van der Waals surface area contributed by atoms with E-state index < -0.39 is 0 Å². The van der Waals surface area contributed by atoms with Crippen molar-refractivity contribution in [1.29, 1.82) is 0 Å². The standard InChI is InChI=1S/C18H24N4O4/c1-25-11-7-19-16(23)6-8-22-15-5-3-2-4-14(15)20-17(18(22)24)21-9-12-26-13-10-21/h2-5H,6-13H2,1H3,(H,19,23). The van der Waals surface area contributed by atoms with Gasteiger partial charge in [-0.05, 0) is 12.1 Å². The van der Waals surface area contributed by atoms with E-state index in [1.54, 1.807) is 11.7 Å². The van der Waals surface area contributed by atoms with Crippen LogP contribution in [0.2, 0.25) is 0 Å². The minimum atomic E-state index is -0.171. The fraction of sp³-hybridized carbons (Fsp3) is 0.500. The largest absolute Gasteiger partial charge is 0.383 e. The van der Waals surface area contributed by atoms with Gasteiger partial charge in [0.05, 0.1) is 30.9 Å². The molecule has 1 amide bonds. The molecule has 1 aromatic carbocycles. The van der Waals surface area contributed by atoms with Crippen molar-refractivity contribution in [2.75, 3.05) is 51.5 Å². The first kappa shape index (κ1) is 18.3. The number of aromatic nitrogens is 2. The third-order valence-electron chi connectivity index (χ3n) is 4.34. The van der Waals surface area contributed by atoms with Crippen molar-refractivity contribution in [1.82, 2.24) is 14.9 Å². The normalized spacial score (nSPS) is 14.6. The van der Waals surface area contributed by atoms with Crippen LogP contribution < -0.4 is 15.8 Å². The first-order valence-electron chi connectivity index (χ1n) is 8.78. The Labute approximate surface area is 151 Å². The summed E-state index contributed by atoms with van der Waals surface area (Å²) in [6.45, 7) is 3.66. The highest BCUT2D eigenvalue weighted by molar-refractivity contribution is 5.78. The Morgan fingerprint density at radius 2 is 2.08 bits per heavy atom. The third kappa shape index (κ3) is 4.20. The molecule has 0 radical (unpaired) electrons. The van der Waals surface area contributed by atoms with E-state index >= 15 is 0 Å². The summed E-state index contributed by atoms with van der Waals surface area (Å²) in [5.41, 5.74) is 1.31. The first-order valence-corrected chi connectivity index (χ1v) is 8.78. The number of carbonyl (C=O) groups is 1. The Morgan fingerprint density at radius 3 is 2.85 bits per heavy atom. The van der Waals surface area contributed by atoms with Gasteiger partial charge in [-0.2, -0.15) is 0 Å². The highest BCUT2D eigenvalue weighted by atomic mass is 16.5. The van der Waals surface area contributed by atoms with Crippen molar-refractivity contribution in [2.24, 2.45) is 0 Å². The summed E-state index contributed by atoms with van der Waals surface area (Å²) in [5.74, 6) is 0.314. The summed E-state index contributed by atoms with van der Waals surface area (Å²) >= 11 is 0. The molecule has 8 heteroatoms. The number of nitrogens with zero attached hydrogens (tertiary/aromatic N) is 3. The van der Waals surface area contributed by atoms with Gasteiger partial charge in [0, 0.05) is 39.7 Å². The number of hydrogen-bond donors (Lipinski definition) is 1. The number of ether oxygens (including phenoxy) is 2. The number of hydrogen-bond acceptors (Lipinski definition) is 6. The smallest absolute Gasteiger partial charge is 0.294 e. The van der Waals surface area contributed by atoms with Gasteiger partial charge < -0.3 is 24.3 Å². The lowest BCUT2D eigenvalue weighted by molar-refractivity contribution is -0.121. The van der Waals surface area contributed by atoms with E-state index in [1.807, 2.05) is 29.2 Å². The van der Waals surface area contributed by atoms with Gasteiger partial charge in [-0.25, -0.2) is 4.98 Å². The summed E-state index contributed by atoms with van der Waals surface area (Å²) < 4.78 is 11.9. The quantitative estimate of drug-likeness (QED) is 0.719. The molecule has 26 heavy (non-hydrogen) atoms. The molecule has 1 aliphatic heterocycles. The second-order valence-corrected chi connectivity index (χ2v) is 6.07. The Morgan fingerprint density at radius 1 is 1.31 bits per heavy atom. The predicted molar refractivity (Wildman–Crippen MR) is 98.5 cm³/mol. The number of anilines is 1. The lowest BCUT2D eigenvalue weighted by Crippen LogP contribution is -2.41. The van der Waals surface area contributed by atoms with Crippen LogP contribution in [0.25, 0.3) is 11.0 Å². The second kappa shape index (κ2) is 8.77. The second-order valence-electron chi connectivity index (χ2n) is 6.07. The number of rotatable bonds is 7. The molecule has 1 N–H and O–H groups in total. The van der Waals surface area contributed by atoms with Crippen LogP contribution >= 0.6 is 0 Å². The molecule has 1 aromatic heterocycles. The van der Waals surface area contributed by atoms with E-state index in [-0.39, 0.29) is 17.9 Å². The molecule has 1 aliphatic rings. The number of nitrogens with one attached hydrogen (secondary N) is 1. The number of benzene rings is 1. The number of aryl methyl sites for hydroxylation is 1.